The molecule has 16 heteroatoms. The summed E-state index contributed by atoms with van der Waals surface area (Å²) >= 11 is 0. The van der Waals surface area contributed by atoms with Gasteiger partial charge in [-0.1, -0.05) is 26.0 Å². The molecule has 1 saturated heterocycles. The molecule has 2 bridgehead atoms. The number of aliphatic hydroxyl groups excluding tert-OH is 1. The summed E-state index contributed by atoms with van der Waals surface area (Å²) in [6, 6.07) is -0.726. The van der Waals surface area contributed by atoms with Crippen molar-refractivity contribution in [2.75, 3.05) is 6.54 Å². The smallest absolute Gasteiger partial charge is 0.305 e. The van der Waals surface area contributed by atoms with Crippen LogP contribution < -0.4 is 31.9 Å². The minimum absolute atomic E-state index is 0.0616. The van der Waals surface area contributed by atoms with Crippen LogP contribution in [0.25, 0.3) is 0 Å². The highest BCUT2D eigenvalue weighted by Crippen LogP contribution is 2.24. The Hall–Kier alpha value is -4.57. The number of carboxylic acid groups (broad SMARTS) is 1. The molecule has 0 saturated carbocycles. The van der Waals surface area contributed by atoms with Gasteiger partial charge in [-0.2, -0.15) is 0 Å². The quantitative estimate of drug-likeness (QED) is 0.189. The molecule has 3 rings (SSSR count). The maximum absolute atomic E-state index is 13.8. The number of benzene rings is 1. The minimum atomic E-state index is -1.68. The molecule has 0 aromatic heterocycles. The Morgan fingerprint density at radius 1 is 0.941 bits per heavy atom. The van der Waals surface area contributed by atoms with E-state index in [1.165, 1.54) is 6.92 Å². The van der Waals surface area contributed by atoms with Gasteiger partial charge in [0, 0.05) is 17.6 Å². The second-order valence-electron chi connectivity index (χ2n) is 14.8. The molecule has 16 nitrogen and oxygen atoms in total. The topological polar surface area (TPSA) is 235 Å². The van der Waals surface area contributed by atoms with Crippen LogP contribution in [-0.2, 0) is 35.3 Å². The molecule has 7 atom stereocenters. The summed E-state index contributed by atoms with van der Waals surface area (Å²) in [4.78, 5) is 95.0. The van der Waals surface area contributed by atoms with Crippen molar-refractivity contribution in [2.24, 2.45) is 5.92 Å². The highest BCUT2D eigenvalue weighted by molar-refractivity contribution is 5.99. The summed E-state index contributed by atoms with van der Waals surface area (Å²) in [6.45, 7) is 12.3. The molecule has 2 unspecified atom stereocenters. The van der Waals surface area contributed by atoms with E-state index in [-0.39, 0.29) is 30.4 Å². The van der Waals surface area contributed by atoms with E-state index in [1.807, 2.05) is 13.8 Å². The van der Waals surface area contributed by atoms with E-state index in [9.17, 15) is 43.8 Å². The van der Waals surface area contributed by atoms with E-state index < -0.39 is 89.8 Å². The van der Waals surface area contributed by atoms with Crippen molar-refractivity contribution in [1.29, 1.82) is 0 Å². The van der Waals surface area contributed by atoms with Gasteiger partial charge >= 0.3 is 5.97 Å². The first kappa shape index (κ1) is 40.9. The number of carbonyl (C=O) groups excluding carboxylic acids is 6. The van der Waals surface area contributed by atoms with E-state index in [1.54, 1.807) is 56.9 Å². The summed E-state index contributed by atoms with van der Waals surface area (Å²) in [7, 11) is 0. The summed E-state index contributed by atoms with van der Waals surface area (Å²) in [6.07, 6.45) is -1.18. The number of rotatable bonds is 6. The van der Waals surface area contributed by atoms with Gasteiger partial charge in [-0.3, -0.25) is 38.5 Å². The van der Waals surface area contributed by atoms with E-state index >= 15 is 0 Å². The summed E-state index contributed by atoms with van der Waals surface area (Å²) in [5.74, 6) is -5.71. The van der Waals surface area contributed by atoms with Crippen LogP contribution in [0.3, 0.4) is 0 Å². The number of aliphatic hydroxyl groups is 1. The Labute approximate surface area is 298 Å². The third kappa shape index (κ3) is 11.7. The Bertz CT molecular complexity index is 1480. The molecule has 0 aliphatic carbocycles. The standard InChI is InChI=1S/C35H53N7O9/c1-18(2)14-23-30(47)39-24(16-26(44)45)31(48)40-27(20(4)43)33(50)37-19(3)28(34(51)41-35(5,6)7)42-13-9-12-25(42)32(49)36-17-21-10-8-11-22(15-21)29(46)38-23/h8,10-11,15,18-20,23-25,27-28,43H,9,12-14,16-17H2,1-7H3,(H,36,49)(H,37,50)(H,38,46)(H,39,47)(H,40,48)(H,41,51)(H,44,45)/t19-,20+,23?,24+,25-,27?,28-/m0/s1. The lowest BCUT2D eigenvalue weighted by atomic mass is 10.0. The fraction of sp³-hybridized carbons (Fsp3) is 0.629. The van der Waals surface area contributed by atoms with Crippen molar-refractivity contribution in [3.8, 4) is 0 Å². The molecular formula is C35H53N7O9. The van der Waals surface area contributed by atoms with Crippen LogP contribution in [0, 0.1) is 5.92 Å². The number of carboxylic acids is 1. The summed E-state index contributed by atoms with van der Waals surface area (Å²) < 4.78 is 0. The van der Waals surface area contributed by atoms with Gasteiger partial charge in [0.1, 0.15) is 24.2 Å². The monoisotopic (exact) mass is 715 g/mol. The lowest BCUT2D eigenvalue weighted by Crippen LogP contribution is -2.65. The summed E-state index contributed by atoms with van der Waals surface area (Å²) in [5, 5.41) is 36.1. The fourth-order valence-corrected chi connectivity index (χ4v) is 6.29. The Morgan fingerprint density at radius 2 is 1.61 bits per heavy atom. The highest BCUT2D eigenvalue weighted by Gasteiger charge is 2.43. The number of hydrogen-bond acceptors (Lipinski definition) is 9. The van der Waals surface area contributed by atoms with Crippen LogP contribution in [0.2, 0.25) is 0 Å². The third-order valence-corrected chi connectivity index (χ3v) is 8.62. The molecule has 282 valence electrons. The largest absolute Gasteiger partial charge is 0.481 e. The highest BCUT2D eigenvalue weighted by atomic mass is 16.4. The molecule has 1 fully saturated rings. The van der Waals surface area contributed by atoms with E-state index in [0.717, 1.165) is 0 Å². The molecule has 2 heterocycles. The van der Waals surface area contributed by atoms with Gasteiger partial charge in [-0.25, -0.2) is 0 Å². The first-order chi connectivity index (χ1) is 23.8. The molecule has 6 amide bonds. The maximum atomic E-state index is 13.8. The average molecular weight is 716 g/mol. The second-order valence-corrected chi connectivity index (χ2v) is 14.8. The molecule has 0 radical (unpaired) electrons. The normalized spacial score (nSPS) is 26.7. The molecule has 51 heavy (non-hydrogen) atoms. The zero-order chi connectivity index (χ0) is 38.2. The van der Waals surface area contributed by atoms with Crippen LogP contribution in [0.1, 0.15) is 90.1 Å². The molecule has 2 aliphatic heterocycles. The number of aliphatic carboxylic acids is 1. The Morgan fingerprint density at radius 3 is 2.22 bits per heavy atom. The SMILES string of the molecule is CC(C)CC1NC(=O)c2cccc(c2)CNC(=O)[C@@H]2CCCN2[C@H](C(=O)NC(C)(C)C)[C@H](C)NC(=O)C([C@@H](C)O)NC(=O)[C@@H](CC(=O)O)NC1=O. The van der Waals surface area contributed by atoms with Crippen LogP contribution in [0.5, 0.6) is 0 Å². The van der Waals surface area contributed by atoms with Crippen molar-refractivity contribution in [3.63, 3.8) is 0 Å². The Balaban J connectivity index is 2.09. The molecule has 2 aliphatic rings. The van der Waals surface area contributed by atoms with Crippen LogP contribution in [0.4, 0.5) is 0 Å². The van der Waals surface area contributed by atoms with Crippen LogP contribution in [-0.4, -0.2) is 111 Å². The van der Waals surface area contributed by atoms with Crippen molar-refractivity contribution < 1.29 is 43.8 Å². The van der Waals surface area contributed by atoms with Crippen molar-refractivity contribution in [3.05, 3.63) is 35.4 Å². The van der Waals surface area contributed by atoms with E-state index in [2.05, 4.69) is 31.9 Å². The molecule has 1 aromatic carbocycles. The van der Waals surface area contributed by atoms with E-state index in [0.29, 0.717) is 24.9 Å². The van der Waals surface area contributed by atoms with Crippen molar-refractivity contribution in [2.45, 2.75) is 129 Å². The average Bonchev–Trinajstić information content (AvgIpc) is 3.49. The van der Waals surface area contributed by atoms with Gasteiger partial charge in [0.2, 0.25) is 29.5 Å². The molecule has 1 aromatic rings. The first-order valence-electron chi connectivity index (χ1n) is 17.3. The van der Waals surface area contributed by atoms with E-state index in [4.69, 9.17) is 0 Å². The Kier molecular flexibility index (Phi) is 14.1. The predicted molar refractivity (Wildman–Crippen MR) is 186 cm³/mol. The van der Waals surface area contributed by atoms with Gasteiger partial charge in [0.25, 0.3) is 5.91 Å². The number of carbonyl (C=O) groups is 7. The number of nitrogens with one attached hydrogen (secondary N) is 6. The lowest BCUT2D eigenvalue weighted by molar-refractivity contribution is -0.141. The van der Waals surface area contributed by atoms with Gasteiger partial charge < -0.3 is 42.1 Å². The van der Waals surface area contributed by atoms with Crippen molar-refractivity contribution >= 4 is 41.4 Å². The zero-order valence-corrected chi connectivity index (χ0v) is 30.4. The maximum Gasteiger partial charge on any atom is 0.305 e. The van der Waals surface area contributed by atoms with Gasteiger partial charge in [0.05, 0.1) is 24.6 Å². The molecular weight excluding hydrogens is 662 g/mol. The van der Waals surface area contributed by atoms with Crippen LogP contribution in [0.15, 0.2) is 24.3 Å². The number of fused-ring (bicyclic) bond motifs is 3. The van der Waals surface area contributed by atoms with Gasteiger partial charge in [-0.15, -0.1) is 0 Å². The third-order valence-electron chi connectivity index (χ3n) is 8.62. The zero-order valence-electron chi connectivity index (χ0n) is 30.4. The molecule has 8 N–H and O–H groups in total. The lowest BCUT2D eigenvalue weighted by Gasteiger charge is -2.37. The summed E-state index contributed by atoms with van der Waals surface area (Å²) in [5.41, 5.74) is 0.140. The van der Waals surface area contributed by atoms with Gasteiger partial charge in [0.15, 0.2) is 0 Å². The van der Waals surface area contributed by atoms with Gasteiger partial charge in [-0.05, 0) is 84.0 Å². The number of nitrogens with zero attached hydrogens (tertiary/aromatic N) is 1. The fourth-order valence-electron chi connectivity index (χ4n) is 6.29. The number of hydrogen-bond donors (Lipinski definition) is 8. The van der Waals surface area contributed by atoms with Crippen molar-refractivity contribution in [1.82, 2.24) is 36.8 Å². The first-order valence-corrected chi connectivity index (χ1v) is 17.3. The second kappa shape index (κ2) is 17.6. The van der Waals surface area contributed by atoms with Crippen LogP contribution >= 0.6 is 0 Å². The minimum Gasteiger partial charge on any atom is -0.481 e. The molecule has 0 spiro atoms. The predicted octanol–water partition coefficient (Wildman–Crippen LogP) is -0.462. The number of amides is 6.